The first-order valence-electron chi connectivity index (χ1n) is 2.83. The molecule has 52 valence electrons. The van der Waals surface area contributed by atoms with Crippen molar-refractivity contribution in [2.75, 3.05) is 19.0 Å². The highest BCUT2D eigenvalue weighted by molar-refractivity contribution is 6.27. The van der Waals surface area contributed by atoms with E-state index in [1.165, 1.54) is 0 Å². The number of carbonyl (C=O) groups is 1. The van der Waals surface area contributed by atoms with Gasteiger partial charge in [-0.05, 0) is 0 Å². The van der Waals surface area contributed by atoms with Crippen LogP contribution in [0.3, 0.4) is 0 Å². The summed E-state index contributed by atoms with van der Waals surface area (Å²) in [5.41, 5.74) is 5.42. The molecule has 3 nitrogen and oxygen atoms in total. The van der Waals surface area contributed by atoms with E-state index >= 15 is 0 Å². The van der Waals surface area contributed by atoms with Gasteiger partial charge in [0.2, 0.25) is 5.91 Å². The van der Waals surface area contributed by atoms with Gasteiger partial charge >= 0.3 is 0 Å². The Morgan fingerprint density at radius 1 is 1.78 bits per heavy atom. The number of likely N-dealkylation sites (tertiary alicyclic amines) is 1. The second-order valence-electron chi connectivity index (χ2n) is 2.19. The van der Waals surface area contributed by atoms with Crippen LogP contribution >= 0.6 is 11.6 Å². The van der Waals surface area contributed by atoms with Gasteiger partial charge in [-0.2, -0.15) is 0 Å². The molecule has 0 spiro atoms. The summed E-state index contributed by atoms with van der Waals surface area (Å²) in [6.07, 6.45) is 0. The number of halogens is 1. The molecule has 0 bridgehead atoms. The van der Waals surface area contributed by atoms with Crippen molar-refractivity contribution in [3.8, 4) is 0 Å². The first-order chi connectivity index (χ1) is 4.24. The van der Waals surface area contributed by atoms with Crippen molar-refractivity contribution in [1.82, 2.24) is 4.90 Å². The van der Waals surface area contributed by atoms with E-state index in [2.05, 4.69) is 0 Å². The SMILES string of the molecule is NC1CN(C(=O)CCl)C1. The molecule has 1 rings (SSSR count). The average molecular weight is 149 g/mol. The average Bonchev–Trinajstić information content (AvgIpc) is 1.79. The van der Waals surface area contributed by atoms with Gasteiger partial charge in [0.05, 0.1) is 0 Å². The highest BCUT2D eigenvalue weighted by atomic mass is 35.5. The molecule has 0 aromatic carbocycles. The predicted octanol–water partition coefficient (Wildman–Crippen LogP) is -0.605. The van der Waals surface area contributed by atoms with Crippen molar-refractivity contribution in [2.24, 2.45) is 5.73 Å². The Morgan fingerprint density at radius 2 is 2.33 bits per heavy atom. The molecule has 1 fully saturated rings. The van der Waals surface area contributed by atoms with Crippen LogP contribution < -0.4 is 5.73 Å². The second-order valence-corrected chi connectivity index (χ2v) is 2.46. The number of hydrogen-bond donors (Lipinski definition) is 1. The molecule has 0 unspecified atom stereocenters. The van der Waals surface area contributed by atoms with Crippen molar-refractivity contribution in [3.63, 3.8) is 0 Å². The van der Waals surface area contributed by atoms with Crippen molar-refractivity contribution in [3.05, 3.63) is 0 Å². The van der Waals surface area contributed by atoms with Gasteiger partial charge in [0.15, 0.2) is 0 Å². The molecule has 1 amide bonds. The van der Waals surface area contributed by atoms with Crippen LogP contribution in [-0.4, -0.2) is 35.8 Å². The second kappa shape index (κ2) is 2.54. The summed E-state index contributed by atoms with van der Waals surface area (Å²) in [5, 5.41) is 0. The van der Waals surface area contributed by atoms with Crippen LogP contribution in [-0.2, 0) is 4.79 Å². The van der Waals surface area contributed by atoms with Gasteiger partial charge in [-0.15, -0.1) is 11.6 Å². The van der Waals surface area contributed by atoms with E-state index in [4.69, 9.17) is 17.3 Å². The minimum atomic E-state index is -0.0154. The summed E-state index contributed by atoms with van der Waals surface area (Å²) >= 11 is 5.28. The minimum absolute atomic E-state index is 0.0154. The number of hydrogen-bond acceptors (Lipinski definition) is 2. The zero-order valence-corrected chi connectivity index (χ0v) is 5.77. The maximum atomic E-state index is 10.7. The molecule has 4 heteroatoms. The van der Waals surface area contributed by atoms with Crippen LogP contribution in [0.5, 0.6) is 0 Å². The Kier molecular flexibility index (Phi) is 1.93. The van der Waals surface area contributed by atoms with Crippen LogP contribution in [0.1, 0.15) is 0 Å². The topological polar surface area (TPSA) is 46.3 Å². The van der Waals surface area contributed by atoms with Crippen molar-refractivity contribution >= 4 is 17.5 Å². The molecule has 0 aliphatic carbocycles. The van der Waals surface area contributed by atoms with Crippen LogP contribution in [0, 0.1) is 0 Å². The van der Waals surface area contributed by atoms with E-state index in [0.29, 0.717) is 13.1 Å². The van der Waals surface area contributed by atoms with Crippen molar-refractivity contribution in [2.45, 2.75) is 6.04 Å². The lowest BCUT2D eigenvalue weighted by molar-refractivity contribution is -0.132. The molecule has 1 aliphatic rings. The molecule has 1 heterocycles. The van der Waals surface area contributed by atoms with Gasteiger partial charge in [-0.25, -0.2) is 0 Å². The molecule has 0 aromatic heterocycles. The third-order valence-electron chi connectivity index (χ3n) is 1.38. The van der Waals surface area contributed by atoms with E-state index in [1.807, 2.05) is 0 Å². The summed E-state index contributed by atoms with van der Waals surface area (Å²) in [6.45, 7) is 1.34. The van der Waals surface area contributed by atoms with Crippen LogP contribution in [0.4, 0.5) is 0 Å². The van der Waals surface area contributed by atoms with Crippen LogP contribution in [0.15, 0.2) is 0 Å². The molecule has 2 N–H and O–H groups in total. The summed E-state index contributed by atoms with van der Waals surface area (Å²) in [5.74, 6) is 0.0607. The number of nitrogens with two attached hydrogens (primary N) is 1. The van der Waals surface area contributed by atoms with E-state index in [1.54, 1.807) is 4.90 Å². The lowest BCUT2D eigenvalue weighted by Crippen LogP contribution is -2.58. The highest BCUT2D eigenvalue weighted by Crippen LogP contribution is 2.05. The summed E-state index contributed by atoms with van der Waals surface area (Å²) in [7, 11) is 0. The molecular weight excluding hydrogens is 140 g/mol. The van der Waals surface area contributed by atoms with E-state index in [0.717, 1.165) is 0 Å². The number of carbonyl (C=O) groups excluding carboxylic acids is 1. The molecule has 1 saturated heterocycles. The zero-order chi connectivity index (χ0) is 6.85. The number of rotatable bonds is 1. The zero-order valence-electron chi connectivity index (χ0n) is 5.01. The Hall–Kier alpha value is -0.280. The number of alkyl halides is 1. The van der Waals surface area contributed by atoms with E-state index < -0.39 is 0 Å². The molecule has 0 atom stereocenters. The Balaban J connectivity index is 2.23. The predicted molar refractivity (Wildman–Crippen MR) is 35.3 cm³/mol. The van der Waals surface area contributed by atoms with Crippen molar-refractivity contribution < 1.29 is 4.79 Å². The van der Waals surface area contributed by atoms with Crippen LogP contribution in [0.25, 0.3) is 0 Å². The summed E-state index contributed by atoms with van der Waals surface area (Å²) < 4.78 is 0. The lowest BCUT2D eigenvalue weighted by atomic mass is 10.1. The standard InChI is InChI=1S/C5H9ClN2O/c6-1-5(9)8-2-4(7)3-8/h4H,1-3,7H2. The minimum Gasteiger partial charge on any atom is -0.338 e. The van der Waals surface area contributed by atoms with E-state index in [9.17, 15) is 4.79 Å². The quantitative estimate of drug-likeness (QED) is 0.505. The third kappa shape index (κ3) is 1.34. The Labute approximate surface area is 58.8 Å². The molecule has 9 heavy (non-hydrogen) atoms. The summed E-state index contributed by atoms with van der Waals surface area (Å²) in [4.78, 5) is 12.3. The molecule has 1 aliphatic heterocycles. The maximum absolute atomic E-state index is 10.7. The molecule has 0 saturated carbocycles. The van der Waals surface area contributed by atoms with Gasteiger partial charge < -0.3 is 10.6 Å². The van der Waals surface area contributed by atoms with Gasteiger partial charge in [0.1, 0.15) is 5.88 Å². The maximum Gasteiger partial charge on any atom is 0.237 e. The third-order valence-corrected chi connectivity index (χ3v) is 1.61. The smallest absolute Gasteiger partial charge is 0.237 e. The fourth-order valence-corrected chi connectivity index (χ4v) is 0.970. The first-order valence-corrected chi connectivity index (χ1v) is 3.37. The lowest BCUT2D eigenvalue weighted by Gasteiger charge is -2.36. The fraction of sp³-hybridized carbons (Fsp3) is 0.800. The van der Waals surface area contributed by atoms with Crippen LogP contribution in [0.2, 0.25) is 0 Å². The Morgan fingerprint density at radius 3 is 2.67 bits per heavy atom. The molecular formula is C5H9ClN2O. The highest BCUT2D eigenvalue weighted by Gasteiger charge is 2.26. The number of amides is 1. The van der Waals surface area contributed by atoms with Gasteiger partial charge in [-0.1, -0.05) is 0 Å². The van der Waals surface area contributed by atoms with Gasteiger partial charge in [0, 0.05) is 19.1 Å². The largest absolute Gasteiger partial charge is 0.338 e. The van der Waals surface area contributed by atoms with E-state index in [-0.39, 0.29) is 17.8 Å². The molecule has 0 aromatic rings. The molecule has 0 radical (unpaired) electrons. The van der Waals surface area contributed by atoms with Gasteiger partial charge in [0.25, 0.3) is 0 Å². The number of nitrogens with zero attached hydrogens (tertiary/aromatic N) is 1. The van der Waals surface area contributed by atoms with Gasteiger partial charge in [-0.3, -0.25) is 4.79 Å². The van der Waals surface area contributed by atoms with Crippen molar-refractivity contribution in [1.29, 1.82) is 0 Å². The monoisotopic (exact) mass is 148 g/mol. The summed E-state index contributed by atoms with van der Waals surface area (Å²) in [6, 6.07) is 0.178. The first kappa shape index (κ1) is 6.83. The normalized spacial score (nSPS) is 19.6. The fourth-order valence-electron chi connectivity index (χ4n) is 0.801. The Bertz CT molecular complexity index is 122.